The van der Waals surface area contributed by atoms with E-state index in [9.17, 15) is 18.6 Å². The molecule has 1 saturated heterocycles. The van der Waals surface area contributed by atoms with Crippen LogP contribution in [-0.4, -0.2) is 50.0 Å². The fourth-order valence-electron chi connectivity index (χ4n) is 3.01. The maximum absolute atomic E-state index is 12.7. The van der Waals surface area contributed by atoms with Gasteiger partial charge in [0.25, 0.3) is 0 Å². The van der Waals surface area contributed by atoms with Crippen LogP contribution in [0.3, 0.4) is 0 Å². The number of benzene rings is 1. The Hall–Kier alpha value is -2.19. The summed E-state index contributed by atoms with van der Waals surface area (Å²) in [6.07, 6.45) is 0.0578. The summed E-state index contributed by atoms with van der Waals surface area (Å²) < 4.78 is 17.5. The molecule has 0 radical (unpaired) electrons. The molecule has 1 aromatic carbocycles. The highest BCUT2D eigenvalue weighted by Gasteiger charge is 2.56. The maximum atomic E-state index is 12.7. The molecule has 1 heterocycles. The lowest BCUT2D eigenvalue weighted by Gasteiger charge is -2.48. The molecule has 1 aliphatic rings. The molecule has 4 unspecified atom stereocenters. The lowest BCUT2D eigenvalue weighted by atomic mass is 9.98. The summed E-state index contributed by atoms with van der Waals surface area (Å²) >= 11 is 0. The number of hydrogen-bond donors (Lipinski definition) is 1. The number of rotatable bonds is 7. The van der Waals surface area contributed by atoms with Crippen LogP contribution in [0.4, 0.5) is 0 Å². The topological polar surface area (TPSA) is 92.8 Å². The van der Waals surface area contributed by atoms with Gasteiger partial charge in [-0.15, -0.1) is 0 Å². The average molecular weight is 441 g/mol. The van der Waals surface area contributed by atoms with Gasteiger partial charge in [-0.2, -0.15) is 0 Å². The lowest BCUT2D eigenvalue weighted by Crippen LogP contribution is -2.75. The molecule has 4 atom stereocenters. The molecule has 0 aromatic heterocycles. The second kappa shape index (κ2) is 9.09. The first-order chi connectivity index (χ1) is 13.4. The van der Waals surface area contributed by atoms with Crippen LogP contribution in [0.2, 0.25) is 0 Å². The van der Waals surface area contributed by atoms with E-state index in [0.29, 0.717) is 5.57 Å². The van der Waals surface area contributed by atoms with Crippen LogP contribution in [0.25, 0.3) is 0 Å². The maximum Gasteiger partial charge on any atom is 0.333 e. The van der Waals surface area contributed by atoms with Gasteiger partial charge in [-0.1, -0.05) is 36.9 Å². The van der Waals surface area contributed by atoms with Gasteiger partial charge in [0, 0.05) is 0 Å². The molecule has 1 aromatic rings. The van der Waals surface area contributed by atoms with E-state index >= 15 is 0 Å². The van der Waals surface area contributed by atoms with Crippen molar-refractivity contribution in [3.63, 3.8) is 0 Å². The summed E-state index contributed by atoms with van der Waals surface area (Å²) in [4.78, 5) is 38.8. The van der Waals surface area contributed by atoms with Crippen molar-refractivity contribution >= 4 is 38.5 Å². The standard InChI is InChI=1S/C20H25ClN2O5S/c1-12(2)16(19(26)28-20(3,4)5)23-17(25)15(18(23)29(21)27)22-14(24)11-13-9-7-6-8-10-13/h6-10,15-16,18H,1,11H2,2-5H3,(H,22,24). The summed E-state index contributed by atoms with van der Waals surface area (Å²) in [5.74, 6) is -1.67. The predicted molar refractivity (Wildman–Crippen MR) is 111 cm³/mol. The first-order valence-electron chi connectivity index (χ1n) is 9.03. The third-order valence-electron chi connectivity index (χ3n) is 4.17. The monoisotopic (exact) mass is 440 g/mol. The van der Waals surface area contributed by atoms with Crippen molar-refractivity contribution in [1.82, 2.24) is 10.2 Å². The number of amides is 2. The predicted octanol–water partition coefficient (Wildman–Crippen LogP) is 2.07. The molecule has 1 aliphatic heterocycles. The Morgan fingerprint density at radius 1 is 1.31 bits per heavy atom. The SMILES string of the molecule is C=C(C)C(C(=O)OC(C)(C)C)N1C(=O)C(NC(=O)Cc2ccccc2)C1S(=O)Cl. The van der Waals surface area contributed by atoms with Crippen molar-refractivity contribution in [2.75, 3.05) is 0 Å². The van der Waals surface area contributed by atoms with E-state index in [1.54, 1.807) is 52.0 Å². The second-order valence-corrected chi connectivity index (χ2v) is 9.77. The molecule has 29 heavy (non-hydrogen) atoms. The fourth-order valence-corrected chi connectivity index (χ4v) is 4.37. The number of ether oxygens (including phenoxy) is 1. The Bertz CT molecular complexity index is 837. The second-order valence-electron chi connectivity index (χ2n) is 7.87. The largest absolute Gasteiger partial charge is 0.458 e. The van der Waals surface area contributed by atoms with Gasteiger partial charge in [0.15, 0.2) is 11.4 Å². The average Bonchev–Trinajstić information content (AvgIpc) is 2.58. The van der Waals surface area contributed by atoms with E-state index in [-0.39, 0.29) is 6.42 Å². The quantitative estimate of drug-likeness (QED) is 0.303. The molecule has 1 N–H and O–H groups in total. The normalized spacial score (nSPS) is 21.0. The number of carbonyl (C=O) groups excluding carboxylic acids is 3. The van der Waals surface area contributed by atoms with Gasteiger partial charge < -0.3 is 15.0 Å². The Morgan fingerprint density at radius 2 is 1.90 bits per heavy atom. The van der Waals surface area contributed by atoms with E-state index < -0.39 is 50.9 Å². The summed E-state index contributed by atoms with van der Waals surface area (Å²) in [7, 11) is 3.78. The Balaban J connectivity index is 2.17. The van der Waals surface area contributed by atoms with Gasteiger partial charge in [-0.25, -0.2) is 9.00 Å². The molecule has 158 valence electrons. The minimum Gasteiger partial charge on any atom is -0.458 e. The molecular formula is C20H25ClN2O5S. The van der Waals surface area contributed by atoms with Crippen molar-refractivity contribution in [3.05, 3.63) is 48.0 Å². The van der Waals surface area contributed by atoms with Gasteiger partial charge in [-0.05, 0) is 49.5 Å². The van der Waals surface area contributed by atoms with E-state index in [1.807, 2.05) is 6.07 Å². The highest BCUT2D eigenvalue weighted by molar-refractivity contribution is 8.08. The van der Waals surface area contributed by atoms with Gasteiger partial charge in [0.1, 0.15) is 21.7 Å². The molecule has 1 fully saturated rings. The molecule has 0 aliphatic carbocycles. The molecule has 2 rings (SSSR count). The molecule has 0 saturated carbocycles. The molecule has 9 heteroatoms. The Morgan fingerprint density at radius 3 is 2.38 bits per heavy atom. The number of carbonyl (C=O) groups is 3. The van der Waals surface area contributed by atoms with E-state index in [2.05, 4.69) is 11.9 Å². The van der Waals surface area contributed by atoms with Crippen LogP contribution < -0.4 is 5.32 Å². The van der Waals surface area contributed by atoms with E-state index in [4.69, 9.17) is 15.4 Å². The lowest BCUT2D eigenvalue weighted by molar-refractivity contribution is -0.169. The van der Waals surface area contributed by atoms with Crippen LogP contribution >= 0.6 is 10.7 Å². The van der Waals surface area contributed by atoms with Crippen molar-refractivity contribution in [2.45, 2.75) is 57.2 Å². The van der Waals surface area contributed by atoms with Crippen LogP contribution in [0.1, 0.15) is 33.3 Å². The highest BCUT2D eigenvalue weighted by atomic mass is 35.7. The van der Waals surface area contributed by atoms with Gasteiger partial charge in [0.2, 0.25) is 11.8 Å². The molecule has 0 bridgehead atoms. The highest BCUT2D eigenvalue weighted by Crippen LogP contribution is 2.31. The molecule has 0 spiro atoms. The third kappa shape index (κ3) is 5.67. The number of β-lactam (4-membered cyclic amide) rings is 1. The van der Waals surface area contributed by atoms with Gasteiger partial charge in [-0.3, -0.25) is 9.59 Å². The number of esters is 1. The smallest absolute Gasteiger partial charge is 0.333 e. The number of halogens is 1. The minimum absolute atomic E-state index is 0.0578. The van der Waals surface area contributed by atoms with Gasteiger partial charge >= 0.3 is 5.97 Å². The zero-order valence-corrected chi connectivity index (χ0v) is 18.4. The summed E-state index contributed by atoms with van der Waals surface area (Å²) in [6, 6.07) is 6.76. The Kier molecular flexibility index (Phi) is 7.24. The number of likely N-dealkylation sites (tertiary alicyclic amines) is 1. The van der Waals surface area contributed by atoms with Crippen LogP contribution in [0, 0.1) is 0 Å². The van der Waals surface area contributed by atoms with Gasteiger partial charge in [0.05, 0.1) is 6.42 Å². The molecule has 2 amide bonds. The van der Waals surface area contributed by atoms with Crippen molar-refractivity contribution < 1.29 is 23.3 Å². The van der Waals surface area contributed by atoms with Crippen LogP contribution in [0.5, 0.6) is 0 Å². The van der Waals surface area contributed by atoms with Crippen LogP contribution in [-0.2, 0) is 35.6 Å². The Labute approximate surface area is 177 Å². The zero-order valence-electron chi connectivity index (χ0n) is 16.8. The number of nitrogens with zero attached hydrogens (tertiary/aromatic N) is 1. The number of nitrogens with one attached hydrogen (secondary N) is 1. The summed E-state index contributed by atoms with van der Waals surface area (Å²) in [5, 5.41) is 1.50. The first-order valence-corrected chi connectivity index (χ1v) is 11.1. The van der Waals surface area contributed by atoms with E-state index in [1.165, 1.54) is 0 Å². The fraction of sp³-hybridized carbons (Fsp3) is 0.450. The van der Waals surface area contributed by atoms with Crippen molar-refractivity contribution in [1.29, 1.82) is 0 Å². The summed E-state index contributed by atoms with van der Waals surface area (Å²) in [6.45, 7) is 10.4. The van der Waals surface area contributed by atoms with E-state index in [0.717, 1.165) is 10.5 Å². The zero-order chi connectivity index (χ0) is 21.9. The first kappa shape index (κ1) is 23.1. The third-order valence-corrected chi connectivity index (χ3v) is 5.60. The minimum atomic E-state index is -2.03. The number of hydrogen-bond acceptors (Lipinski definition) is 5. The van der Waals surface area contributed by atoms with Crippen LogP contribution in [0.15, 0.2) is 42.5 Å². The summed E-state index contributed by atoms with van der Waals surface area (Å²) in [5.41, 5.74) is 0.331. The molecule has 7 nitrogen and oxygen atoms in total. The molecular weight excluding hydrogens is 416 g/mol. The van der Waals surface area contributed by atoms with Crippen molar-refractivity contribution in [3.8, 4) is 0 Å². The van der Waals surface area contributed by atoms with Crippen molar-refractivity contribution in [2.24, 2.45) is 0 Å².